The third-order valence-corrected chi connectivity index (χ3v) is 6.87. The van der Waals surface area contributed by atoms with Crippen LogP contribution in [0.5, 0.6) is 0 Å². The second-order valence-corrected chi connectivity index (χ2v) is 8.74. The van der Waals surface area contributed by atoms with Gasteiger partial charge in [0.1, 0.15) is 10.7 Å². The molecule has 2 aromatic carbocycles. The molecule has 0 saturated heterocycles. The van der Waals surface area contributed by atoms with E-state index in [-0.39, 0.29) is 35.0 Å². The number of nitrogens with zero attached hydrogens (tertiary/aromatic N) is 2. The Kier molecular flexibility index (Phi) is 5.17. The van der Waals surface area contributed by atoms with Crippen molar-refractivity contribution >= 4 is 21.8 Å². The maximum Gasteiger partial charge on any atom is 0.268 e. The zero-order valence-corrected chi connectivity index (χ0v) is 17.1. The standard InChI is InChI=1S/C22H20N2O5S/c1-2-24-22(26)19-11-10-17(13-20(19)30(24,27)28)21(25)23(15-18-9-6-12-29-18)14-16-7-4-3-5-8-16/h3-13H,2,14-15H2,1H3. The fourth-order valence-electron chi connectivity index (χ4n) is 3.50. The highest BCUT2D eigenvalue weighted by molar-refractivity contribution is 7.90. The van der Waals surface area contributed by atoms with Crippen molar-refractivity contribution in [2.75, 3.05) is 6.54 Å². The molecule has 1 aliphatic heterocycles. The molecular weight excluding hydrogens is 404 g/mol. The third-order valence-electron chi connectivity index (χ3n) is 4.97. The van der Waals surface area contributed by atoms with Gasteiger partial charge in [-0.05, 0) is 42.8 Å². The zero-order chi connectivity index (χ0) is 21.3. The van der Waals surface area contributed by atoms with Crippen molar-refractivity contribution in [3.8, 4) is 0 Å². The summed E-state index contributed by atoms with van der Waals surface area (Å²) < 4.78 is 31.6. The Morgan fingerprint density at radius 1 is 1.03 bits per heavy atom. The molecule has 0 aliphatic carbocycles. The number of benzene rings is 2. The summed E-state index contributed by atoms with van der Waals surface area (Å²) in [6.07, 6.45) is 1.54. The fourth-order valence-corrected chi connectivity index (χ4v) is 5.10. The number of hydrogen-bond donors (Lipinski definition) is 0. The first kappa shape index (κ1) is 19.9. The lowest BCUT2D eigenvalue weighted by molar-refractivity contribution is 0.0716. The van der Waals surface area contributed by atoms with E-state index in [0.29, 0.717) is 12.3 Å². The van der Waals surface area contributed by atoms with Gasteiger partial charge in [-0.2, -0.15) is 0 Å². The largest absolute Gasteiger partial charge is 0.467 e. The number of hydrogen-bond acceptors (Lipinski definition) is 5. The highest BCUT2D eigenvalue weighted by atomic mass is 32.2. The molecule has 0 radical (unpaired) electrons. The molecule has 1 aromatic heterocycles. The molecule has 0 atom stereocenters. The van der Waals surface area contributed by atoms with Gasteiger partial charge < -0.3 is 9.32 Å². The second kappa shape index (κ2) is 7.79. The Hall–Kier alpha value is -3.39. The SMILES string of the molecule is CCN1C(=O)c2ccc(C(=O)N(Cc3ccccc3)Cc3ccco3)cc2S1(=O)=O. The van der Waals surface area contributed by atoms with E-state index < -0.39 is 15.9 Å². The summed E-state index contributed by atoms with van der Waals surface area (Å²) >= 11 is 0. The molecule has 2 amide bonds. The molecule has 3 aromatic rings. The molecule has 0 saturated carbocycles. The van der Waals surface area contributed by atoms with Crippen LogP contribution in [0.15, 0.2) is 76.2 Å². The van der Waals surface area contributed by atoms with Crippen molar-refractivity contribution in [2.45, 2.75) is 24.9 Å². The molecule has 2 heterocycles. The summed E-state index contributed by atoms with van der Waals surface area (Å²) in [7, 11) is -3.94. The average Bonchev–Trinajstić information content (AvgIpc) is 3.32. The molecule has 0 unspecified atom stereocenters. The van der Waals surface area contributed by atoms with Gasteiger partial charge in [0.15, 0.2) is 0 Å². The van der Waals surface area contributed by atoms with E-state index in [1.165, 1.54) is 24.5 Å². The van der Waals surface area contributed by atoms with Crippen LogP contribution in [-0.2, 0) is 23.1 Å². The van der Waals surface area contributed by atoms with Gasteiger partial charge in [-0.1, -0.05) is 30.3 Å². The van der Waals surface area contributed by atoms with Gasteiger partial charge in [-0.15, -0.1) is 0 Å². The molecule has 0 N–H and O–H groups in total. The molecule has 8 heteroatoms. The summed E-state index contributed by atoms with van der Waals surface area (Å²) in [5.41, 5.74) is 1.22. The molecule has 30 heavy (non-hydrogen) atoms. The van der Waals surface area contributed by atoms with Crippen molar-refractivity contribution in [3.63, 3.8) is 0 Å². The van der Waals surface area contributed by atoms with E-state index in [0.717, 1.165) is 9.87 Å². The number of rotatable bonds is 6. The summed E-state index contributed by atoms with van der Waals surface area (Å²) in [4.78, 5) is 27.1. The summed E-state index contributed by atoms with van der Waals surface area (Å²) in [5.74, 6) is -0.306. The monoisotopic (exact) mass is 424 g/mol. The molecule has 154 valence electrons. The van der Waals surface area contributed by atoms with Crippen LogP contribution in [0, 0.1) is 0 Å². The highest BCUT2D eigenvalue weighted by Gasteiger charge is 2.40. The van der Waals surface area contributed by atoms with Crippen LogP contribution in [0.3, 0.4) is 0 Å². The maximum atomic E-state index is 13.3. The quantitative estimate of drug-likeness (QED) is 0.606. The lowest BCUT2D eigenvalue weighted by atomic mass is 10.1. The highest BCUT2D eigenvalue weighted by Crippen LogP contribution is 2.31. The number of amides is 2. The van der Waals surface area contributed by atoms with Gasteiger partial charge in [-0.25, -0.2) is 12.7 Å². The fraction of sp³-hybridized carbons (Fsp3) is 0.182. The molecule has 0 fully saturated rings. The minimum atomic E-state index is -3.94. The van der Waals surface area contributed by atoms with Crippen molar-refractivity contribution in [2.24, 2.45) is 0 Å². The van der Waals surface area contributed by atoms with E-state index >= 15 is 0 Å². The number of furan rings is 1. The normalized spacial score (nSPS) is 14.6. The van der Waals surface area contributed by atoms with Crippen LogP contribution < -0.4 is 0 Å². The van der Waals surface area contributed by atoms with Crippen LogP contribution in [-0.4, -0.2) is 36.0 Å². The van der Waals surface area contributed by atoms with Crippen LogP contribution in [0.1, 0.15) is 39.0 Å². The minimum Gasteiger partial charge on any atom is -0.467 e. The van der Waals surface area contributed by atoms with Crippen molar-refractivity contribution in [3.05, 3.63) is 89.4 Å². The van der Waals surface area contributed by atoms with Crippen LogP contribution in [0.2, 0.25) is 0 Å². The Balaban J connectivity index is 1.69. The first-order chi connectivity index (χ1) is 14.4. The number of sulfonamides is 1. The lowest BCUT2D eigenvalue weighted by Gasteiger charge is -2.22. The first-order valence-electron chi connectivity index (χ1n) is 9.48. The zero-order valence-electron chi connectivity index (χ0n) is 16.3. The predicted octanol–water partition coefficient (Wildman–Crippen LogP) is 3.29. The summed E-state index contributed by atoms with van der Waals surface area (Å²) in [5, 5.41) is 0. The first-order valence-corrected chi connectivity index (χ1v) is 10.9. The Morgan fingerprint density at radius 2 is 1.80 bits per heavy atom. The lowest BCUT2D eigenvalue weighted by Crippen LogP contribution is -2.30. The van der Waals surface area contributed by atoms with E-state index in [4.69, 9.17) is 4.42 Å². The van der Waals surface area contributed by atoms with Crippen LogP contribution in [0.4, 0.5) is 0 Å². The third kappa shape index (κ3) is 3.50. The van der Waals surface area contributed by atoms with Gasteiger partial charge in [0.25, 0.3) is 21.8 Å². The minimum absolute atomic E-state index is 0.0394. The van der Waals surface area contributed by atoms with E-state index in [1.54, 1.807) is 24.0 Å². The number of carbonyl (C=O) groups is 2. The summed E-state index contributed by atoms with van der Waals surface area (Å²) in [6, 6.07) is 17.2. The van der Waals surface area contributed by atoms with Gasteiger partial charge in [0, 0.05) is 18.7 Å². The molecule has 7 nitrogen and oxygen atoms in total. The molecule has 0 bridgehead atoms. The van der Waals surface area contributed by atoms with Gasteiger partial charge in [0.05, 0.1) is 18.4 Å². The van der Waals surface area contributed by atoms with Crippen LogP contribution in [0.25, 0.3) is 0 Å². The van der Waals surface area contributed by atoms with E-state index in [2.05, 4.69) is 0 Å². The van der Waals surface area contributed by atoms with Crippen LogP contribution >= 0.6 is 0 Å². The second-order valence-electron chi connectivity index (χ2n) is 6.91. The summed E-state index contributed by atoms with van der Waals surface area (Å²) in [6.45, 7) is 2.19. The van der Waals surface area contributed by atoms with Gasteiger partial charge in [-0.3, -0.25) is 9.59 Å². The van der Waals surface area contributed by atoms with Crippen molar-refractivity contribution in [1.82, 2.24) is 9.21 Å². The number of fused-ring (bicyclic) bond motifs is 1. The smallest absolute Gasteiger partial charge is 0.268 e. The topological polar surface area (TPSA) is 87.9 Å². The molecule has 4 rings (SSSR count). The average molecular weight is 424 g/mol. The predicted molar refractivity (Wildman–Crippen MR) is 109 cm³/mol. The van der Waals surface area contributed by atoms with Gasteiger partial charge >= 0.3 is 0 Å². The van der Waals surface area contributed by atoms with Crippen molar-refractivity contribution < 1.29 is 22.4 Å². The van der Waals surface area contributed by atoms with E-state index in [9.17, 15) is 18.0 Å². The molecule has 1 aliphatic rings. The van der Waals surface area contributed by atoms with E-state index in [1.807, 2.05) is 30.3 Å². The number of carbonyl (C=O) groups excluding carboxylic acids is 2. The molecule has 0 spiro atoms. The Labute approximate surface area is 174 Å². The maximum absolute atomic E-state index is 13.3. The Bertz CT molecular complexity index is 1190. The van der Waals surface area contributed by atoms with Gasteiger partial charge in [0.2, 0.25) is 0 Å². The van der Waals surface area contributed by atoms with Crippen molar-refractivity contribution in [1.29, 1.82) is 0 Å². The molecular formula is C22H20N2O5S. The Morgan fingerprint density at radius 3 is 2.47 bits per heavy atom.